The molecule has 33 heavy (non-hydrogen) atoms. The van der Waals surface area contributed by atoms with Crippen LogP contribution < -0.4 is 16.0 Å². The maximum absolute atomic E-state index is 13.2. The number of carbonyl (C=O) groups excluding carboxylic acids is 2. The minimum absolute atomic E-state index is 0.0319. The Morgan fingerprint density at radius 2 is 1.67 bits per heavy atom. The number of fused-ring (bicyclic) bond motifs is 1. The predicted octanol–water partition coefficient (Wildman–Crippen LogP) is 1.68. The van der Waals surface area contributed by atoms with Crippen LogP contribution in [0, 0.1) is 5.92 Å². The van der Waals surface area contributed by atoms with Gasteiger partial charge in [0.05, 0.1) is 16.0 Å². The molecule has 9 nitrogen and oxygen atoms in total. The van der Waals surface area contributed by atoms with Crippen LogP contribution in [0.15, 0.2) is 64.3 Å². The topological polar surface area (TPSA) is 132 Å². The zero-order valence-corrected chi connectivity index (χ0v) is 18.8. The van der Waals surface area contributed by atoms with E-state index in [1.54, 1.807) is 18.0 Å². The summed E-state index contributed by atoms with van der Waals surface area (Å²) in [6, 6.07) is 14.3. The number of anilines is 1. The van der Waals surface area contributed by atoms with Gasteiger partial charge < -0.3 is 14.8 Å². The number of pyridine rings is 1. The lowest BCUT2D eigenvalue weighted by molar-refractivity contribution is -0.121. The van der Waals surface area contributed by atoms with Gasteiger partial charge in [-0.2, -0.15) is 0 Å². The molecular formula is C23H24N4O5S. The quantitative estimate of drug-likeness (QED) is 0.601. The van der Waals surface area contributed by atoms with E-state index in [4.69, 9.17) is 5.14 Å². The minimum atomic E-state index is -3.80. The van der Waals surface area contributed by atoms with E-state index >= 15 is 0 Å². The molecule has 1 saturated heterocycles. The van der Waals surface area contributed by atoms with Gasteiger partial charge in [-0.3, -0.25) is 14.4 Å². The molecule has 0 spiro atoms. The number of piperidine rings is 1. The standard InChI is InChI=1S/C23H24N4O5S/c1-26-20-5-3-2-4-18(20)19(14-21(26)28)23(30)27-12-10-15(11-13-27)22(29)25-16-6-8-17(9-7-16)33(24,31)32/h2-9,14-15H,10-13H2,1H3,(H,25,29)(H2,24,31,32). The van der Waals surface area contributed by atoms with E-state index in [1.807, 2.05) is 18.2 Å². The molecule has 0 aliphatic carbocycles. The van der Waals surface area contributed by atoms with E-state index in [-0.39, 0.29) is 28.2 Å². The van der Waals surface area contributed by atoms with E-state index in [0.717, 1.165) is 0 Å². The van der Waals surface area contributed by atoms with Gasteiger partial charge in [-0.1, -0.05) is 18.2 Å². The second-order valence-electron chi connectivity index (χ2n) is 8.10. The Labute approximate surface area is 190 Å². The summed E-state index contributed by atoms with van der Waals surface area (Å²) in [4.78, 5) is 39.8. The number of hydrogen-bond acceptors (Lipinski definition) is 5. The average Bonchev–Trinajstić information content (AvgIpc) is 2.81. The third-order valence-corrected chi connectivity index (χ3v) is 6.92. The normalized spacial score (nSPS) is 14.9. The summed E-state index contributed by atoms with van der Waals surface area (Å²) in [5.41, 5.74) is 1.28. The summed E-state index contributed by atoms with van der Waals surface area (Å²) in [7, 11) is -2.12. The number of rotatable bonds is 4. The van der Waals surface area contributed by atoms with Crippen molar-refractivity contribution in [1.29, 1.82) is 0 Å². The molecule has 2 heterocycles. The van der Waals surface area contributed by atoms with Crippen molar-refractivity contribution in [2.24, 2.45) is 18.1 Å². The van der Waals surface area contributed by atoms with Gasteiger partial charge in [-0.05, 0) is 43.2 Å². The first-order valence-electron chi connectivity index (χ1n) is 10.5. The van der Waals surface area contributed by atoms with Crippen molar-refractivity contribution in [2.75, 3.05) is 18.4 Å². The molecule has 3 aromatic rings. The summed E-state index contributed by atoms with van der Waals surface area (Å²) >= 11 is 0. The molecule has 2 amide bonds. The second-order valence-corrected chi connectivity index (χ2v) is 9.66. The maximum atomic E-state index is 13.2. The van der Waals surface area contributed by atoms with Gasteiger partial charge in [0.1, 0.15) is 0 Å². The predicted molar refractivity (Wildman–Crippen MR) is 124 cm³/mol. The molecule has 0 saturated carbocycles. The number of amides is 2. The molecule has 1 aliphatic heterocycles. The fourth-order valence-corrected chi connectivity index (χ4v) is 4.59. The zero-order chi connectivity index (χ0) is 23.8. The molecule has 172 valence electrons. The molecule has 3 N–H and O–H groups in total. The van der Waals surface area contributed by atoms with Gasteiger partial charge in [0.2, 0.25) is 15.9 Å². The van der Waals surface area contributed by atoms with Crippen molar-refractivity contribution >= 4 is 38.4 Å². The fraction of sp³-hybridized carbons (Fsp3) is 0.261. The average molecular weight is 469 g/mol. The fourth-order valence-electron chi connectivity index (χ4n) is 4.07. The van der Waals surface area contributed by atoms with E-state index in [0.29, 0.717) is 48.1 Å². The lowest BCUT2D eigenvalue weighted by Gasteiger charge is -2.31. The van der Waals surface area contributed by atoms with Crippen LogP contribution in [0.4, 0.5) is 5.69 Å². The Hall–Kier alpha value is -3.50. The lowest BCUT2D eigenvalue weighted by atomic mass is 9.95. The van der Waals surface area contributed by atoms with Gasteiger partial charge in [-0.25, -0.2) is 13.6 Å². The molecule has 4 rings (SSSR count). The van der Waals surface area contributed by atoms with Crippen molar-refractivity contribution in [2.45, 2.75) is 17.7 Å². The van der Waals surface area contributed by atoms with E-state index < -0.39 is 10.0 Å². The maximum Gasteiger partial charge on any atom is 0.254 e. The minimum Gasteiger partial charge on any atom is -0.339 e. The molecule has 1 aliphatic rings. The highest BCUT2D eigenvalue weighted by Crippen LogP contribution is 2.24. The number of primary sulfonamides is 1. The molecule has 0 bridgehead atoms. The van der Waals surface area contributed by atoms with Crippen LogP contribution in [0.25, 0.3) is 10.9 Å². The van der Waals surface area contributed by atoms with Crippen LogP contribution >= 0.6 is 0 Å². The third kappa shape index (κ3) is 4.67. The summed E-state index contributed by atoms with van der Waals surface area (Å²) in [5.74, 6) is -0.696. The molecule has 10 heteroatoms. The van der Waals surface area contributed by atoms with Crippen LogP contribution in [0.5, 0.6) is 0 Å². The van der Waals surface area contributed by atoms with Crippen molar-refractivity contribution in [3.05, 3.63) is 70.5 Å². The van der Waals surface area contributed by atoms with Crippen LogP contribution in [0.1, 0.15) is 23.2 Å². The van der Waals surface area contributed by atoms with E-state index in [9.17, 15) is 22.8 Å². The lowest BCUT2D eigenvalue weighted by Crippen LogP contribution is -2.42. The smallest absolute Gasteiger partial charge is 0.254 e. The molecule has 1 aromatic heterocycles. The van der Waals surface area contributed by atoms with Gasteiger partial charge in [0, 0.05) is 43.2 Å². The SMILES string of the molecule is Cn1c(=O)cc(C(=O)N2CCC(C(=O)Nc3ccc(S(N)(=O)=O)cc3)CC2)c2ccccc21. The van der Waals surface area contributed by atoms with Crippen LogP contribution in [-0.4, -0.2) is 42.8 Å². The van der Waals surface area contributed by atoms with Crippen molar-refractivity contribution < 1.29 is 18.0 Å². The van der Waals surface area contributed by atoms with Gasteiger partial charge in [-0.15, -0.1) is 0 Å². The number of aromatic nitrogens is 1. The number of hydrogen-bond donors (Lipinski definition) is 2. The zero-order valence-electron chi connectivity index (χ0n) is 18.0. The first-order chi connectivity index (χ1) is 15.6. The second kappa shape index (κ2) is 8.80. The number of nitrogens with two attached hydrogens (primary N) is 1. The van der Waals surface area contributed by atoms with E-state index in [1.165, 1.54) is 34.9 Å². The van der Waals surface area contributed by atoms with Gasteiger partial charge in [0.15, 0.2) is 0 Å². The number of nitrogens with one attached hydrogen (secondary N) is 1. The number of sulfonamides is 1. The van der Waals surface area contributed by atoms with Crippen molar-refractivity contribution in [1.82, 2.24) is 9.47 Å². The Morgan fingerprint density at radius 3 is 2.30 bits per heavy atom. The number of likely N-dealkylation sites (tertiary alicyclic amines) is 1. The highest BCUT2D eigenvalue weighted by atomic mass is 32.2. The number of benzene rings is 2. The Bertz CT molecular complexity index is 1390. The first kappa shape index (κ1) is 22.7. The number of carbonyl (C=O) groups is 2. The molecule has 0 unspecified atom stereocenters. The van der Waals surface area contributed by atoms with Gasteiger partial charge >= 0.3 is 0 Å². The molecule has 0 atom stereocenters. The Kier molecular flexibility index (Phi) is 6.05. The summed E-state index contributed by atoms with van der Waals surface area (Å²) in [6.45, 7) is 0.787. The highest BCUT2D eigenvalue weighted by molar-refractivity contribution is 7.89. The number of aryl methyl sites for hydroxylation is 1. The Balaban J connectivity index is 1.42. The molecule has 1 fully saturated rings. The molecule has 2 aromatic carbocycles. The summed E-state index contributed by atoms with van der Waals surface area (Å²) < 4.78 is 24.2. The molecule has 0 radical (unpaired) electrons. The third-order valence-electron chi connectivity index (χ3n) is 5.99. The summed E-state index contributed by atoms with van der Waals surface area (Å²) in [6.07, 6.45) is 0.964. The van der Waals surface area contributed by atoms with Crippen LogP contribution in [-0.2, 0) is 21.9 Å². The molecular weight excluding hydrogens is 444 g/mol. The number of nitrogens with zero attached hydrogens (tertiary/aromatic N) is 2. The highest BCUT2D eigenvalue weighted by Gasteiger charge is 2.29. The van der Waals surface area contributed by atoms with Crippen molar-refractivity contribution in [3.8, 4) is 0 Å². The monoisotopic (exact) mass is 468 g/mol. The van der Waals surface area contributed by atoms with E-state index in [2.05, 4.69) is 5.32 Å². The van der Waals surface area contributed by atoms with Crippen LogP contribution in [0.3, 0.4) is 0 Å². The first-order valence-corrected chi connectivity index (χ1v) is 12.0. The Morgan fingerprint density at radius 1 is 1.03 bits per heavy atom. The van der Waals surface area contributed by atoms with Crippen molar-refractivity contribution in [3.63, 3.8) is 0 Å². The number of para-hydroxylation sites is 1. The van der Waals surface area contributed by atoms with Crippen LogP contribution in [0.2, 0.25) is 0 Å². The van der Waals surface area contributed by atoms with Gasteiger partial charge in [0.25, 0.3) is 11.5 Å². The summed E-state index contributed by atoms with van der Waals surface area (Å²) in [5, 5.41) is 8.58. The largest absolute Gasteiger partial charge is 0.339 e.